The second-order valence-corrected chi connectivity index (χ2v) is 3.79. The Morgan fingerprint density at radius 3 is 2.57 bits per heavy atom. The number of allylic oxidation sites excluding steroid dienone is 2. The van der Waals surface area contributed by atoms with Crippen LogP contribution >= 0.6 is 0 Å². The summed E-state index contributed by atoms with van der Waals surface area (Å²) in [5.41, 5.74) is 6.11. The number of hydrogen-bond donors (Lipinski definition) is 0. The second kappa shape index (κ2) is 3.37. The lowest BCUT2D eigenvalue weighted by Gasteiger charge is -2.03. The van der Waals surface area contributed by atoms with Crippen molar-refractivity contribution in [3.05, 3.63) is 40.9 Å². The van der Waals surface area contributed by atoms with E-state index in [9.17, 15) is 0 Å². The number of hydrogen-bond acceptors (Lipinski definition) is 2. The summed E-state index contributed by atoms with van der Waals surface area (Å²) in [5.74, 6) is 0. The van der Waals surface area contributed by atoms with Crippen LogP contribution in [-0.4, -0.2) is 10.7 Å². The molecule has 2 heteroatoms. The molecule has 2 nitrogen and oxygen atoms in total. The normalized spacial score (nSPS) is 16.1. The van der Waals surface area contributed by atoms with Crippen molar-refractivity contribution in [2.24, 2.45) is 4.99 Å². The van der Waals surface area contributed by atoms with Crippen molar-refractivity contribution in [2.45, 2.75) is 27.2 Å². The van der Waals surface area contributed by atoms with E-state index in [1.54, 1.807) is 0 Å². The number of aromatic nitrogens is 1. The van der Waals surface area contributed by atoms with Crippen LogP contribution in [0.25, 0.3) is 0 Å². The highest BCUT2D eigenvalue weighted by atomic mass is 14.8. The van der Waals surface area contributed by atoms with Gasteiger partial charge in [-0.25, -0.2) is 0 Å². The van der Waals surface area contributed by atoms with E-state index in [1.807, 2.05) is 18.5 Å². The van der Waals surface area contributed by atoms with Gasteiger partial charge in [-0.1, -0.05) is 0 Å². The van der Waals surface area contributed by atoms with Crippen LogP contribution in [0.4, 0.5) is 0 Å². The maximum Gasteiger partial charge on any atom is 0.0538 e. The van der Waals surface area contributed by atoms with Gasteiger partial charge in [-0.05, 0) is 38.0 Å². The maximum absolute atomic E-state index is 4.56. The van der Waals surface area contributed by atoms with Gasteiger partial charge in [0, 0.05) is 30.1 Å². The third-order valence-corrected chi connectivity index (χ3v) is 2.70. The highest BCUT2D eigenvalue weighted by Crippen LogP contribution is 2.23. The fourth-order valence-corrected chi connectivity index (χ4v) is 1.64. The molecule has 2 rings (SSSR count). The average molecular weight is 186 g/mol. The second-order valence-electron chi connectivity index (χ2n) is 3.79. The molecule has 1 aliphatic rings. The Bertz CT molecular complexity index is 428. The number of aliphatic imine (C=N–C) groups is 1. The summed E-state index contributed by atoms with van der Waals surface area (Å²) in [5, 5.41) is 0. The van der Waals surface area contributed by atoms with Gasteiger partial charge in [0.15, 0.2) is 0 Å². The molecule has 2 heterocycles. The number of pyridine rings is 1. The Morgan fingerprint density at radius 2 is 2.00 bits per heavy atom. The van der Waals surface area contributed by atoms with Gasteiger partial charge in [0.05, 0.1) is 5.71 Å². The summed E-state index contributed by atoms with van der Waals surface area (Å²) in [7, 11) is 0. The number of aryl methyl sites for hydroxylation is 1. The lowest BCUT2D eigenvalue weighted by atomic mass is 10.0. The molecule has 0 unspecified atom stereocenters. The smallest absolute Gasteiger partial charge is 0.0538 e. The first-order chi connectivity index (χ1) is 6.68. The largest absolute Gasteiger partial charge is 0.264 e. The molecule has 0 atom stereocenters. The molecule has 0 saturated heterocycles. The first kappa shape index (κ1) is 9.13. The van der Waals surface area contributed by atoms with Gasteiger partial charge in [-0.15, -0.1) is 0 Å². The monoisotopic (exact) mass is 186 g/mol. The molecule has 0 amide bonds. The van der Waals surface area contributed by atoms with Crippen LogP contribution in [0, 0.1) is 6.92 Å². The average Bonchev–Trinajstić information content (AvgIpc) is 2.48. The van der Waals surface area contributed by atoms with Crippen molar-refractivity contribution in [3.8, 4) is 0 Å². The predicted octanol–water partition coefficient (Wildman–Crippen LogP) is 2.88. The summed E-state index contributed by atoms with van der Waals surface area (Å²) in [6.45, 7) is 6.30. The molecule has 0 bridgehead atoms. The molecule has 0 radical (unpaired) electrons. The topological polar surface area (TPSA) is 25.2 Å². The standard InChI is InChI=1S/C12H14N2/c1-8-4-5-13-7-11(8)12-6-9(2)10(3)14-12/h4-5,7H,6H2,1-3H3. The zero-order valence-electron chi connectivity index (χ0n) is 8.83. The summed E-state index contributed by atoms with van der Waals surface area (Å²) in [6, 6.07) is 2.03. The molecule has 0 fully saturated rings. The van der Waals surface area contributed by atoms with E-state index in [-0.39, 0.29) is 0 Å². The molecule has 0 N–H and O–H groups in total. The summed E-state index contributed by atoms with van der Waals surface area (Å²) < 4.78 is 0. The molecular formula is C12H14N2. The minimum Gasteiger partial charge on any atom is -0.264 e. The first-order valence-corrected chi connectivity index (χ1v) is 4.83. The van der Waals surface area contributed by atoms with E-state index in [1.165, 1.54) is 16.7 Å². The van der Waals surface area contributed by atoms with Gasteiger partial charge in [0.1, 0.15) is 0 Å². The fourth-order valence-electron chi connectivity index (χ4n) is 1.64. The minimum absolute atomic E-state index is 0.971. The van der Waals surface area contributed by atoms with E-state index in [0.29, 0.717) is 0 Å². The predicted molar refractivity (Wildman–Crippen MR) is 58.5 cm³/mol. The van der Waals surface area contributed by atoms with Crippen molar-refractivity contribution in [2.75, 3.05) is 0 Å². The van der Waals surface area contributed by atoms with Gasteiger partial charge in [-0.3, -0.25) is 9.98 Å². The third-order valence-electron chi connectivity index (χ3n) is 2.70. The molecule has 1 aromatic heterocycles. The van der Waals surface area contributed by atoms with E-state index in [0.717, 1.165) is 17.8 Å². The molecule has 1 aliphatic heterocycles. The number of nitrogens with zero attached hydrogens (tertiary/aromatic N) is 2. The van der Waals surface area contributed by atoms with Gasteiger partial charge in [-0.2, -0.15) is 0 Å². The van der Waals surface area contributed by atoms with Crippen molar-refractivity contribution in [1.29, 1.82) is 0 Å². The first-order valence-electron chi connectivity index (χ1n) is 4.83. The molecule has 14 heavy (non-hydrogen) atoms. The summed E-state index contributed by atoms with van der Waals surface area (Å²) in [4.78, 5) is 8.70. The molecule has 0 spiro atoms. The van der Waals surface area contributed by atoms with Crippen LogP contribution < -0.4 is 0 Å². The summed E-state index contributed by atoms with van der Waals surface area (Å²) >= 11 is 0. The van der Waals surface area contributed by atoms with E-state index in [2.05, 4.69) is 30.7 Å². The zero-order valence-corrected chi connectivity index (χ0v) is 8.83. The van der Waals surface area contributed by atoms with Gasteiger partial charge in [0.2, 0.25) is 0 Å². The Morgan fingerprint density at radius 1 is 1.21 bits per heavy atom. The highest BCUT2D eigenvalue weighted by molar-refractivity contribution is 6.04. The molecule has 0 saturated carbocycles. The van der Waals surface area contributed by atoms with Crippen molar-refractivity contribution < 1.29 is 0 Å². The van der Waals surface area contributed by atoms with E-state index in [4.69, 9.17) is 0 Å². The van der Waals surface area contributed by atoms with Crippen LogP contribution in [0.15, 0.2) is 34.7 Å². The Hall–Kier alpha value is -1.44. The lowest BCUT2D eigenvalue weighted by molar-refractivity contribution is 1.21. The van der Waals surface area contributed by atoms with Crippen LogP contribution in [0.2, 0.25) is 0 Å². The van der Waals surface area contributed by atoms with Crippen molar-refractivity contribution in [1.82, 2.24) is 4.98 Å². The van der Waals surface area contributed by atoms with Crippen LogP contribution in [0.1, 0.15) is 31.4 Å². The van der Waals surface area contributed by atoms with Gasteiger partial charge in [0.25, 0.3) is 0 Å². The highest BCUT2D eigenvalue weighted by Gasteiger charge is 2.14. The van der Waals surface area contributed by atoms with Crippen LogP contribution in [0.5, 0.6) is 0 Å². The quantitative estimate of drug-likeness (QED) is 0.662. The molecular weight excluding hydrogens is 172 g/mol. The lowest BCUT2D eigenvalue weighted by Crippen LogP contribution is -2.01. The minimum atomic E-state index is 0.971. The Balaban J connectivity index is 2.37. The maximum atomic E-state index is 4.56. The number of rotatable bonds is 1. The van der Waals surface area contributed by atoms with E-state index >= 15 is 0 Å². The molecule has 1 aromatic rings. The van der Waals surface area contributed by atoms with Crippen molar-refractivity contribution >= 4 is 5.71 Å². The molecule has 72 valence electrons. The molecule has 0 aliphatic carbocycles. The Labute approximate surface area is 84.4 Å². The summed E-state index contributed by atoms with van der Waals surface area (Å²) in [6.07, 6.45) is 4.69. The Kier molecular flexibility index (Phi) is 2.20. The van der Waals surface area contributed by atoms with E-state index < -0.39 is 0 Å². The SMILES string of the molecule is CC1=C(C)N=C(c2cnccc2C)C1. The van der Waals surface area contributed by atoms with Gasteiger partial charge < -0.3 is 0 Å². The fraction of sp³-hybridized carbons (Fsp3) is 0.333. The third kappa shape index (κ3) is 1.48. The molecule has 0 aromatic carbocycles. The van der Waals surface area contributed by atoms with Crippen LogP contribution in [-0.2, 0) is 0 Å². The van der Waals surface area contributed by atoms with Crippen molar-refractivity contribution in [3.63, 3.8) is 0 Å². The van der Waals surface area contributed by atoms with Gasteiger partial charge >= 0.3 is 0 Å². The zero-order chi connectivity index (χ0) is 10.1. The van der Waals surface area contributed by atoms with Crippen LogP contribution in [0.3, 0.4) is 0 Å².